The minimum atomic E-state index is 0.0234. The summed E-state index contributed by atoms with van der Waals surface area (Å²) < 4.78 is 5.07. The second kappa shape index (κ2) is 6.57. The molecule has 0 saturated carbocycles. The molecule has 1 amide bonds. The van der Waals surface area contributed by atoms with Gasteiger partial charge in [0, 0.05) is 29.4 Å². The average molecular weight is 277 g/mol. The van der Waals surface area contributed by atoms with Gasteiger partial charge in [-0.2, -0.15) is 0 Å². The third-order valence-electron chi connectivity index (χ3n) is 2.97. The lowest BCUT2D eigenvalue weighted by Crippen LogP contribution is -2.35. The van der Waals surface area contributed by atoms with Gasteiger partial charge in [0.25, 0.3) is 0 Å². The summed E-state index contributed by atoms with van der Waals surface area (Å²) in [7, 11) is 0. The van der Waals surface area contributed by atoms with Crippen LogP contribution in [-0.4, -0.2) is 17.4 Å². The van der Waals surface area contributed by atoms with E-state index in [2.05, 4.69) is 11.4 Å². The fourth-order valence-electron chi connectivity index (χ4n) is 1.94. The molecule has 0 unspecified atom stereocenters. The standard InChI is InChI=1S/C15H19NO2S/c1-12(2)15(17)16(10-13-6-8-18-11-13)7-5-14-4-3-9-19-14/h3-4,6,8-9,11-12H,5,7,10H2,1-2H3. The van der Waals surface area contributed by atoms with Crippen molar-refractivity contribution in [1.82, 2.24) is 4.90 Å². The minimum Gasteiger partial charge on any atom is -0.472 e. The van der Waals surface area contributed by atoms with E-state index in [0.29, 0.717) is 6.54 Å². The summed E-state index contributed by atoms with van der Waals surface area (Å²) in [6.07, 6.45) is 4.26. The molecule has 2 aromatic rings. The summed E-state index contributed by atoms with van der Waals surface area (Å²) in [5.74, 6) is 0.216. The van der Waals surface area contributed by atoms with Crippen LogP contribution < -0.4 is 0 Å². The Hall–Kier alpha value is -1.55. The molecular formula is C15H19NO2S. The molecule has 102 valence electrons. The SMILES string of the molecule is CC(C)C(=O)N(CCc1cccs1)Cc1ccoc1. The lowest BCUT2D eigenvalue weighted by atomic mass is 10.1. The van der Waals surface area contributed by atoms with E-state index in [1.54, 1.807) is 23.9 Å². The van der Waals surface area contributed by atoms with Crippen molar-refractivity contribution in [1.29, 1.82) is 0 Å². The van der Waals surface area contributed by atoms with E-state index in [0.717, 1.165) is 18.5 Å². The van der Waals surface area contributed by atoms with Gasteiger partial charge in [0.1, 0.15) is 0 Å². The van der Waals surface area contributed by atoms with E-state index in [1.807, 2.05) is 30.9 Å². The van der Waals surface area contributed by atoms with Gasteiger partial charge in [-0.15, -0.1) is 11.3 Å². The quantitative estimate of drug-likeness (QED) is 0.808. The number of amides is 1. The van der Waals surface area contributed by atoms with Crippen molar-refractivity contribution in [2.75, 3.05) is 6.54 Å². The summed E-state index contributed by atoms with van der Waals surface area (Å²) >= 11 is 1.74. The molecule has 19 heavy (non-hydrogen) atoms. The van der Waals surface area contributed by atoms with Gasteiger partial charge >= 0.3 is 0 Å². The largest absolute Gasteiger partial charge is 0.472 e. The zero-order valence-electron chi connectivity index (χ0n) is 11.3. The van der Waals surface area contributed by atoms with Crippen LogP contribution in [0.3, 0.4) is 0 Å². The molecule has 0 N–H and O–H groups in total. The maximum atomic E-state index is 12.2. The first-order chi connectivity index (χ1) is 9.16. The highest BCUT2D eigenvalue weighted by Crippen LogP contribution is 2.13. The summed E-state index contributed by atoms with van der Waals surface area (Å²) in [6, 6.07) is 6.07. The van der Waals surface area contributed by atoms with E-state index in [-0.39, 0.29) is 11.8 Å². The van der Waals surface area contributed by atoms with E-state index in [9.17, 15) is 4.79 Å². The predicted octanol–water partition coefficient (Wildman–Crippen LogP) is 3.57. The Labute approximate surface area is 117 Å². The Morgan fingerprint density at radius 2 is 2.26 bits per heavy atom. The Morgan fingerprint density at radius 3 is 2.84 bits per heavy atom. The molecule has 0 saturated heterocycles. The fraction of sp³-hybridized carbons (Fsp3) is 0.400. The van der Waals surface area contributed by atoms with E-state index in [4.69, 9.17) is 4.42 Å². The van der Waals surface area contributed by atoms with Gasteiger partial charge in [-0.3, -0.25) is 4.79 Å². The number of carbonyl (C=O) groups is 1. The highest BCUT2D eigenvalue weighted by Gasteiger charge is 2.17. The van der Waals surface area contributed by atoms with Crippen molar-refractivity contribution in [3.8, 4) is 0 Å². The number of rotatable bonds is 6. The minimum absolute atomic E-state index is 0.0234. The Bertz CT molecular complexity index is 488. The molecule has 2 rings (SSSR count). The number of hydrogen-bond donors (Lipinski definition) is 0. The molecule has 0 fully saturated rings. The van der Waals surface area contributed by atoms with Gasteiger partial charge in [0.2, 0.25) is 5.91 Å². The van der Waals surface area contributed by atoms with Crippen molar-refractivity contribution in [2.45, 2.75) is 26.8 Å². The van der Waals surface area contributed by atoms with Crippen LogP contribution in [0.15, 0.2) is 40.5 Å². The molecular weight excluding hydrogens is 258 g/mol. The van der Waals surface area contributed by atoms with Crippen molar-refractivity contribution < 1.29 is 9.21 Å². The molecule has 0 bridgehead atoms. The Kier molecular flexibility index (Phi) is 4.80. The van der Waals surface area contributed by atoms with Crippen LogP contribution in [0.4, 0.5) is 0 Å². The summed E-state index contributed by atoms with van der Waals surface area (Å²) in [5, 5.41) is 2.07. The van der Waals surface area contributed by atoms with Gasteiger partial charge in [-0.05, 0) is 23.9 Å². The molecule has 0 aromatic carbocycles. The first-order valence-electron chi connectivity index (χ1n) is 6.49. The number of thiophene rings is 1. The van der Waals surface area contributed by atoms with Crippen LogP contribution in [0, 0.1) is 5.92 Å². The number of carbonyl (C=O) groups excluding carboxylic acids is 1. The normalized spacial score (nSPS) is 10.9. The smallest absolute Gasteiger partial charge is 0.225 e. The van der Waals surface area contributed by atoms with Crippen LogP contribution in [-0.2, 0) is 17.8 Å². The number of furan rings is 1. The van der Waals surface area contributed by atoms with Gasteiger partial charge in [0.05, 0.1) is 12.5 Å². The zero-order chi connectivity index (χ0) is 13.7. The van der Waals surface area contributed by atoms with E-state index >= 15 is 0 Å². The van der Waals surface area contributed by atoms with Crippen LogP contribution in [0.25, 0.3) is 0 Å². The van der Waals surface area contributed by atoms with Crippen LogP contribution in [0.2, 0.25) is 0 Å². The number of hydrogen-bond acceptors (Lipinski definition) is 3. The Morgan fingerprint density at radius 1 is 1.42 bits per heavy atom. The fourth-order valence-corrected chi connectivity index (χ4v) is 2.63. The topological polar surface area (TPSA) is 33.5 Å². The second-order valence-corrected chi connectivity index (χ2v) is 5.91. The van der Waals surface area contributed by atoms with Crippen molar-refractivity contribution in [3.05, 3.63) is 46.5 Å². The molecule has 0 aliphatic rings. The highest BCUT2D eigenvalue weighted by atomic mass is 32.1. The van der Waals surface area contributed by atoms with Crippen LogP contribution in [0.5, 0.6) is 0 Å². The molecule has 2 aromatic heterocycles. The van der Waals surface area contributed by atoms with Crippen LogP contribution >= 0.6 is 11.3 Å². The molecule has 0 radical (unpaired) electrons. The highest BCUT2D eigenvalue weighted by molar-refractivity contribution is 7.09. The van der Waals surface area contributed by atoms with Gasteiger partial charge in [-0.25, -0.2) is 0 Å². The number of nitrogens with zero attached hydrogens (tertiary/aromatic N) is 1. The first-order valence-corrected chi connectivity index (χ1v) is 7.37. The predicted molar refractivity (Wildman–Crippen MR) is 77.0 cm³/mol. The molecule has 4 heteroatoms. The van der Waals surface area contributed by atoms with Gasteiger partial charge in [-0.1, -0.05) is 19.9 Å². The third kappa shape index (κ3) is 3.96. The maximum Gasteiger partial charge on any atom is 0.225 e. The molecule has 2 heterocycles. The molecule has 0 aliphatic heterocycles. The van der Waals surface area contributed by atoms with Crippen molar-refractivity contribution in [3.63, 3.8) is 0 Å². The summed E-state index contributed by atoms with van der Waals surface area (Å²) in [6.45, 7) is 5.26. The van der Waals surface area contributed by atoms with Crippen molar-refractivity contribution in [2.24, 2.45) is 5.92 Å². The second-order valence-electron chi connectivity index (χ2n) is 4.88. The van der Waals surface area contributed by atoms with Crippen LogP contribution in [0.1, 0.15) is 24.3 Å². The van der Waals surface area contributed by atoms with E-state index < -0.39 is 0 Å². The molecule has 0 atom stereocenters. The lowest BCUT2D eigenvalue weighted by molar-refractivity contribution is -0.135. The first kappa shape index (κ1) is 13.9. The van der Waals surface area contributed by atoms with Gasteiger partial charge in [0.15, 0.2) is 0 Å². The van der Waals surface area contributed by atoms with Gasteiger partial charge < -0.3 is 9.32 Å². The maximum absolute atomic E-state index is 12.2. The summed E-state index contributed by atoms with van der Waals surface area (Å²) in [5.41, 5.74) is 1.04. The lowest BCUT2D eigenvalue weighted by Gasteiger charge is -2.23. The molecule has 0 spiro atoms. The third-order valence-corrected chi connectivity index (χ3v) is 3.90. The molecule has 3 nitrogen and oxygen atoms in total. The molecule has 0 aliphatic carbocycles. The zero-order valence-corrected chi connectivity index (χ0v) is 12.2. The monoisotopic (exact) mass is 277 g/mol. The average Bonchev–Trinajstić information content (AvgIpc) is 3.06. The summed E-state index contributed by atoms with van der Waals surface area (Å²) in [4.78, 5) is 15.5. The van der Waals surface area contributed by atoms with E-state index in [1.165, 1.54) is 4.88 Å². The Balaban J connectivity index is 1.99. The van der Waals surface area contributed by atoms with Crippen molar-refractivity contribution >= 4 is 17.2 Å².